The first-order chi connectivity index (χ1) is 8.47. The van der Waals surface area contributed by atoms with Crippen LogP contribution in [0.2, 0.25) is 0 Å². The molecule has 0 aliphatic heterocycles. The molecular weight excluding hydrogens is 262 g/mol. The van der Waals surface area contributed by atoms with Gasteiger partial charge in [0.1, 0.15) is 11.0 Å². The van der Waals surface area contributed by atoms with Crippen molar-refractivity contribution in [3.8, 4) is 0 Å². The van der Waals surface area contributed by atoms with E-state index in [1.807, 2.05) is 6.92 Å². The van der Waals surface area contributed by atoms with Crippen molar-refractivity contribution in [2.75, 3.05) is 0 Å². The molecular formula is C13H19N3S2. The topological polar surface area (TPSA) is 37.8 Å². The zero-order chi connectivity index (χ0) is 13.3. The van der Waals surface area contributed by atoms with Gasteiger partial charge in [-0.25, -0.2) is 9.97 Å². The van der Waals surface area contributed by atoms with E-state index in [1.54, 1.807) is 22.7 Å². The molecule has 0 aliphatic rings. The maximum Gasteiger partial charge on any atom is 0.116 e. The average Bonchev–Trinajstić information content (AvgIpc) is 2.83. The lowest BCUT2D eigenvalue weighted by atomic mass is 10.2. The van der Waals surface area contributed by atoms with Gasteiger partial charge in [0.25, 0.3) is 0 Å². The van der Waals surface area contributed by atoms with E-state index in [4.69, 9.17) is 0 Å². The van der Waals surface area contributed by atoms with Crippen LogP contribution in [0.5, 0.6) is 0 Å². The van der Waals surface area contributed by atoms with Gasteiger partial charge in [-0.05, 0) is 34.6 Å². The van der Waals surface area contributed by atoms with Crippen LogP contribution < -0.4 is 5.32 Å². The third-order valence-electron chi connectivity index (χ3n) is 2.72. The van der Waals surface area contributed by atoms with Gasteiger partial charge in [-0.3, -0.25) is 0 Å². The summed E-state index contributed by atoms with van der Waals surface area (Å²) in [7, 11) is 0. The van der Waals surface area contributed by atoms with Gasteiger partial charge in [0.2, 0.25) is 0 Å². The summed E-state index contributed by atoms with van der Waals surface area (Å²) < 4.78 is 0. The van der Waals surface area contributed by atoms with Crippen molar-refractivity contribution in [1.82, 2.24) is 15.3 Å². The molecule has 2 rings (SSSR count). The predicted octanol–water partition coefficient (Wildman–Crippen LogP) is 3.61. The van der Waals surface area contributed by atoms with Crippen LogP contribution in [-0.2, 0) is 0 Å². The zero-order valence-corrected chi connectivity index (χ0v) is 13.1. The maximum absolute atomic E-state index is 4.67. The van der Waals surface area contributed by atoms with Gasteiger partial charge in [0, 0.05) is 16.3 Å². The standard InChI is InChI=1S/C13H19N3S2/c1-7(2)14-12(11-6-17-10(5)16-11)13-15-8(3)9(4)18-13/h6-7,12,14H,1-5H3. The third-order valence-corrected chi connectivity index (χ3v) is 4.65. The van der Waals surface area contributed by atoms with Gasteiger partial charge < -0.3 is 5.32 Å². The number of aryl methyl sites for hydroxylation is 3. The van der Waals surface area contributed by atoms with Crippen molar-refractivity contribution >= 4 is 22.7 Å². The number of aromatic nitrogens is 2. The molecule has 0 aromatic carbocycles. The van der Waals surface area contributed by atoms with Crippen LogP contribution in [0.15, 0.2) is 5.38 Å². The second-order valence-electron chi connectivity index (χ2n) is 4.74. The molecule has 0 amide bonds. The van der Waals surface area contributed by atoms with Crippen LogP contribution in [-0.4, -0.2) is 16.0 Å². The van der Waals surface area contributed by atoms with E-state index in [9.17, 15) is 0 Å². The Morgan fingerprint density at radius 2 is 1.89 bits per heavy atom. The Morgan fingerprint density at radius 3 is 2.33 bits per heavy atom. The second-order valence-corrected chi connectivity index (χ2v) is 7.04. The molecule has 3 nitrogen and oxygen atoms in total. The molecule has 1 unspecified atom stereocenters. The summed E-state index contributed by atoms with van der Waals surface area (Å²) >= 11 is 3.45. The SMILES string of the molecule is Cc1nc(C(NC(C)C)c2nc(C)c(C)s2)cs1. The first-order valence-electron chi connectivity index (χ1n) is 6.09. The van der Waals surface area contributed by atoms with E-state index in [0.29, 0.717) is 6.04 Å². The number of thiazole rings is 2. The van der Waals surface area contributed by atoms with Crippen molar-refractivity contribution in [3.63, 3.8) is 0 Å². The van der Waals surface area contributed by atoms with Crippen molar-refractivity contribution in [2.45, 2.75) is 46.7 Å². The Bertz CT molecular complexity index is 509. The van der Waals surface area contributed by atoms with Crippen molar-refractivity contribution in [3.05, 3.63) is 31.7 Å². The lowest BCUT2D eigenvalue weighted by Gasteiger charge is -2.17. The highest BCUT2D eigenvalue weighted by atomic mass is 32.1. The molecule has 18 heavy (non-hydrogen) atoms. The van der Waals surface area contributed by atoms with E-state index >= 15 is 0 Å². The van der Waals surface area contributed by atoms with Gasteiger partial charge in [-0.15, -0.1) is 22.7 Å². The molecule has 0 aliphatic carbocycles. The van der Waals surface area contributed by atoms with E-state index in [0.717, 1.165) is 21.4 Å². The van der Waals surface area contributed by atoms with Crippen LogP contribution in [0.1, 0.15) is 46.2 Å². The molecule has 0 saturated heterocycles. The Labute approximate surface area is 116 Å². The van der Waals surface area contributed by atoms with Crippen LogP contribution in [0.3, 0.4) is 0 Å². The highest BCUT2D eigenvalue weighted by Gasteiger charge is 2.21. The summed E-state index contributed by atoms with van der Waals surface area (Å²) in [6, 6.07) is 0.522. The minimum absolute atomic E-state index is 0.118. The number of rotatable bonds is 4. The first kappa shape index (κ1) is 13.6. The molecule has 0 saturated carbocycles. The molecule has 0 fully saturated rings. The number of hydrogen-bond donors (Lipinski definition) is 1. The number of hydrogen-bond acceptors (Lipinski definition) is 5. The zero-order valence-electron chi connectivity index (χ0n) is 11.4. The largest absolute Gasteiger partial charge is 0.301 e. The Kier molecular flexibility index (Phi) is 4.14. The molecule has 2 heterocycles. The van der Waals surface area contributed by atoms with Crippen molar-refractivity contribution in [2.24, 2.45) is 0 Å². The van der Waals surface area contributed by atoms with Gasteiger partial charge in [-0.1, -0.05) is 0 Å². The highest BCUT2D eigenvalue weighted by molar-refractivity contribution is 7.11. The average molecular weight is 281 g/mol. The molecule has 2 aromatic heterocycles. The smallest absolute Gasteiger partial charge is 0.116 e. The second kappa shape index (κ2) is 5.47. The van der Waals surface area contributed by atoms with E-state index in [1.165, 1.54) is 4.88 Å². The minimum atomic E-state index is 0.118. The highest BCUT2D eigenvalue weighted by Crippen LogP contribution is 2.29. The molecule has 5 heteroatoms. The monoisotopic (exact) mass is 281 g/mol. The molecule has 2 aromatic rings. The molecule has 0 bridgehead atoms. The molecule has 1 atom stereocenters. The molecule has 1 N–H and O–H groups in total. The van der Waals surface area contributed by atoms with Crippen molar-refractivity contribution < 1.29 is 0 Å². The minimum Gasteiger partial charge on any atom is -0.301 e. The van der Waals surface area contributed by atoms with E-state index in [2.05, 4.69) is 48.4 Å². The summed E-state index contributed by atoms with van der Waals surface area (Å²) in [6.45, 7) is 10.5. The summed E-state index contributed by atoms with van der Waals surface area (Å²) in [6.07, 6.45) is 0. The fraction of sp³-hybridized carbons (Fsp3) is 0.538. The van der Waals surface area contributed by atoms with E-state index in [-0.39, 0.29) is 6.04 Å². The quantitative estimate of drug-likeness (QED) is 0.930. The summed E-state index contributed by atoms with van der Waals surface area (Å²) in [4.78, 5) is 10.6. The maximum atomic E-state index is 4.67. The normalized spacial score (nSPS) is 13.2. The fourth-order valence-corrected chi connectivity index (χ4v) is 3.38. The Hall–Kier alpha value is -0.780. The summed E-state index contributed by atoms with van der Waals surface area (Å²) in [5.74, 6) is 0. The fourth-order valence-electron chi connectivity index (χ4n) is 1.75. The van der Waals surface area contributed by atoms with E-state index < -0.39 is 0 Å². The number of nitrogens with zero attached hydrogens (tertiary/aromatic N) is 2. The Morgan fingerprint density at radius 1 is 1.17 bits per heavy atom. The third kappa shape index (κ3) is 2.96. The van der Waals surface area contributed by atoms with Crippen molar-refractivity contribution in [1.29, 1.82) is 0 Å². The van der Waals surface area contributed by atoms with Gasteiger partial charge >= 0.3 is 0 Å². The summed E-state index contributed by atoms with van der Waals surface area (Å²) in [5, 5.41) is 7.90. The van der Waals surface area contributed by atoms with Crippen LogP contribution >= 0.6 is 22.7 Å². The molecule has 0 spiro atoms. The summed E-state index contributed by atoms with van der Waals surface area (Å²) in [5.41, 5.74) is 2.21. The lowest BCUT2D eigenvalue weighted by molar-refractivity contribution is 0.519. The molecule has 0 radical (unpaired) electrons. The van der Waals surface area contributed by atoms with Gasteiger partial charge in [0.05, 0.1) is 16.4 Å². The van der Waals surface area contributed by atoms with Crippen LogP contribution in [0, 0.1) is 20.8 Å². The van der Waals surface area contributed by atoms with Crippen LogP contribution in [0.25, 0.3) is 0 Å². The lowest BCUT2D eigenvalue weighted by Crippen LogP contribution is -2.29. The van der Waals surface area contributed by atoms with Crippen LogP contribution in [0.4, 0.5) is 0 Å². The van der Waals surface area contributed by atoms with Gasteiger partial charge in [-0.2, -0.15) is 0 Å². The Balaban J connectivity index is 2.36. The first-order valence-corrected chi connectivity index (χ1v) is 7.79. The number of nitrogens with one attached hydrogen (secondary N) is 1. The van der Waals surface area contributed by atoms with Gasteiger partial charge in [0.15, 0.2) is 0 Å². The predicted molar refractivity (Wildman–Crippen MR) is 78.6 cm³/mol. The molecule has 98 valence electrons.